The van der Waals surface area contributed by atoms with E-state index in [2.05, 4.69) is 13.2 Å². The largest absolute Gasteiger partial charge is 0.324 e. The van der Waals surface area contributed by atoms with Crippen molar-refractivity contribution < 1.29 is 0 Å². The van der Waals surface area contributed by atoms with Gasteiger partial charge in [-0.2, -0.15) is 0 Å². The minimum Gasteiger partial charge on any atom is -0.324 e. The molecule has 2 N–H and O–H groups in total. The van der Waals surface area contributed by atoms with Gasteiger partial charge in [-0.25, -0.2) is 0 Å². The molecule has 0 aromatic carbocycles. The molecule has 0 bridgehead atoms. The Morgan fingerprint density at radius 2 is 2.14 bits per heavy atom. The molecule has 1 nitrogen and oxygen atoms in total. The van der Waals surface area contributed by atoms with Crippen molar-refractivity contribution in [3.05, 3.63) is 25.3 Å². The van der Waals surface area contributed by atoms with Gasteiger partial charge in [-0.1, -0.05) is 12.2 Å². The van der Waals surface area contributed by atoms with Gasteiger partial charge < -0.3 is 5.73 Å². The molecule has 0 aliphatic carbocycles. The van der Waals surface area contributed by atoms with Crippen molar-refractivity contribution in [2.24, 2.45) is 5.73 Å². The molecule has 0 rings (SSSR count). The molecule has 0 amide bonds. The molecule has 0 radical (unpaired) electrons. The second kappa shape index (κ2) is 3.62. The maximum absolute atomic E-state index is 5.39. The third-order valence-electron chi connectivity index (χ3n) is 0.742. The van der Waals surface area contributed by atoms with E-state index in [1.165, 1.54) is 0 Å². The molecule has 1 atom stereocenters. The van der Waals surface area contributed by atoms with Gasteiger partial charge >= 0.3 is 0 Å². The first-order valence-electron chi connectivity index (χ1n) is 2.30. The monoisotopic (exact) mass is 97.1 g/mol. The van der Waals surface area contributed by atoms with Crippen molar-refractivity contribution in [1.82, 2.24) is 0 Å². The van der Waals surface area contributed by atoms with Crippen LogP contribution in [-0.4, -0.2) is 6.04 Å². The van der Waals surface area contributed by atoms with E-state index in [1.807, 2.05) is 0 Å². The van der Waals surface area contributed by atoms with Crippen molar-refractivity contribution >= 4 is 0 Å². The van der Waals surface area contributed by atoms with Crippen molar-refractivity contribution in [2.45, 2.75) is 12.5 Å². The quantitative estimate of drug-likeness (QED) is 0.524. The Labute approximate surface area is 44.5 Å². The number of rotatable bonds is 3. The first kappa shape index (κ1) is 6.44. The van der Waals surface area contributed by atoms with Crippen molar-refractivity contribution in [2.75, 3.05) is 0 Å². The molecule has 0 fully saturated rings. The topological polar surface area (TPSA) is 26.0 Å². The van der Waals surface area contributed by atoms with Crippen LogP contribution in [0, 0.1) is 0 Å². The summed E-state index contributed by atoms with van der Waals surface area (Å²) < 4.78 is 0. The zero-order valence-electron chi connectivity index (χ0n) is 4.43. The normalized spacial score (nSPS) is 12.7. The minimum atomic E-state index is 0.0949. The summed E-state index contributed by atoms with van der Waals surface area (Å²) >= 11 is 0. The molecule has 0 saturated heterocycles. The van der Waals surface area contributed by atoms with Gasteiger partial charge in [0, 0.05) is 6.04 Å². The summed E-state index contributed by atoms with van der Waals surface area (Å²) in [7, 11) is 0. The fourth-order valence-electron chi connectivity index (χ4n) is 0.289. The smallest absolute Gasteiger partial charge is 0.0256 e. The van der Waals surface area contributed by atoms with E-state index < -0.39 is 0 Å². The predicted molar refractivity (Wildman–Crippen MR) is 33.0 cm³/mol. The van der Waals surface area contributed by atoms with E-state index in [4.69, 9.17) is 5.73 Å². The lowest BCUT2D eigenvalue weighted by atomic mass is 10.2. The first-order chi connectivity index (χ1) is 3.31. The molecular formula is C6H11N. The highest BCUT2D eigenvalue weighted by molar-refractivity contribution is 4.87. The lowest BCUT2D eigenvalue weighted by Crippen LogP contribution is -2.14. The Hall–Kier alpha value is -0.560. The van der Waals surface area contributed by atoms with Gasteiger partial charge in [-0.15, -0.1) is 13.2 Å². The second-order valence-electron chi connectivity index (χ2n) is 1.42. The molecule has 0 aromatic rings. The predicted octanol–water partition coefficient (Wildman–Crippen LogP) is 1.08. The lowest BCUT2D eigenvalue weighted by molar-refractivity contribution is 0.838. The summed E-state index contributed by atoms with van der Waals surface area (Å²) in [6, 6.07) is 0.0949. The molecule has 0 heterocycles. The molecule has 0 aliphatic heterocycles. The average Bonchev–Trinajstić information content (AvgIpc) is 1.68. The van der Waals surface area contributed by atoms with Crippen molar-refractivity contribution in [3.8, 4) is 0 Å². The Bertz CT molecular complexity index is 66.6. The van der Waals surface area contributed by atoms with Gasteiger partial charge in [-0.05, 0) is 6.42 Å². The van der Waals surface area contributed by atoms with E-state index in [0.717, 1.165) is 6.42 Å². The fraction of sp³-hybridized carbons (Fsp3) is 0.333. The maximum Gasteiger partial charge on any atom is 0.0256 e. The summed E-state index contributed by atoms with van der Waals surface area (Å²) in [6.45, 7) is 7.03. The van der Waals surface area contributed by atoms with Crippen LogP contribution in [0.1, 0.15) is 6.42 Å². The molecule has 7 heavy (non-hydrogen) atoms. The molecule has 0 spiro atoms. The Kier molecular flexibility index (Phi) is 3.33. The average molecular weight is 97.2 g/mol. The zero-order chi connectivity index (χ0) is 5.70. The molecule has 0 saturated carbocycles. The van der Waals surface area contributed by atoms with Crippen molar-refractivity contribution in [1.29, 1.82) is 0 Å². The molecular weight excluding hydrogens is 86.1 g/mol. The van der Waals surface area contributed by atoms with Crippen LogP contribution >= 0.6 is 0 Å². The van der Waals surface area contributed by atoms with Gasteiger partial charge in [0.05, 0.1) is 0 Å². The molecule has 1 heteroatoms. The lowest BCUT2D eigenvalue weighted by Gasteiger charge is -1.96. The third kappa shape index (κ3) is 3.27. The molecule has 0 aliphatic rings. The summed E-state index contributed by atoms with van der Waals surface area (Å²) in [6.07, 6.45) is 4.32. The van der Waals surface area contributed by atoms with Gasteiger partial charge in [0.1, 0.15) is 0 Å². The Balaban J connectivity index is 3.15. The number of nitrogens with two attached hydrogens (primary N) is 1. The summed E-state index contributed by atoms with van der Waals surface area (Å²) in [5.41, 5.74) is 5.39. The Morgan fingerprint density at radius 3 is 2.29 bits per heavy atom. The van der Waals surface area contributed by atoms with Crippen LogP contribution in [0.25, 0.3) is 0 Å². The van der Waals surface area contributed by atoms with Crippen LogP contribution in [0.3, 0.4) is 0 Å². The van der Waals surface area contributed by atoms with E-state index in [1.54, 1.807) is 12.2 Å². The molecule has 0 aromatic heterocycles. The van der Waals surface area contributed by atoms with Gasteiger partial charge in [0.15, 0.2) is 0 Å². The van der Waals surface area contributed by atoms with Crippen LogP contribution in [0.2, 0.25) is 0 Å². The number of hydrogen-bond acceptors (Lipinski definition) is 1. The van der Waals surface area contributed by atoms with Crippen molar-refractivity contribution in [3.63, 3.8) is 0 Å². The van der Waals surface area contributed by atoms with Gasteiger partial charge in [-0.3, -0.25) is 0 Å². The molecule has 0 unspecified atom stereocenters. The van der Waals surface area contributed by atoms with Gasteiger partial charge in [0.25, 0.3) is 0 Å². The SMILES string of the molecule is C=CC[C@H](N)C=C. The highest BCUT2D eigenvalue weighted by Gasteiger charge is 1.86. The van der Waals surface area contributed by atoms with Crippen LogP contribution in [0.4, 0.5) is 0 Å². The first-order valence-corrected chi connectivity index (χ1v) is 2.30. The van der Waals surface area contributed by atoms with Crippen LogP contribution in [-0.2, 0) is 0 Å². The standard InChI is InChI=1S/C6H11N/c1-3-5-6(7)4-2/h3-4,6H,1-2,5,7H2/t6-/m1/s1. The van der Waals surface area contributed by atoms with E-state index >= 15 is 0 Å². The summed E-state index contributed by atoms with van der Waals surface area (Å²) in [5.74, 6) is 0. The highest BCUT2D eigenvalue weighted by atomic mass is 14.6. The van der Waals surface area contributed by atoms with Crippen LogP contribution < -0.4 is 5.73 Å². The number of hydrogen-bond donors (Lipinski definition) is 1. The minimum absolute atomic E-state index is 0.0949. The van der Waals surface area contributed by atoms with Crippen LogP contribution in [0.5, 0.6) is 0 Å². The summed E-state index contributed by atoms with van der Waals surface area (Å²) in [5, 5.41) is 0. The zero-order valence-corrected chi connectivity index (χ0v) is 4.43. The fourth-order valence-corrected chi connectivity index (χ4v) is 0.289. The van der Waals surface area contributed by atoms with E-state index in [9.17, 15) is 0 Å². The second-order valence-corrected chi connectivity index (χ2v) is 1.42. The van der Waals surface area contributed by atoms with E-state index in [0.29, 0.717) is 0 Å². The van der Waals surface area contributed by atoms with Gasteiger partial charge in [0.2, 0.25) is 0 Å². The van der Waals surface area contributed by atoms with E-state index in [-0.39, 0.29) is 6.04 Å². The maximum atomic E-state index is 5.39. The Morgan fingerprint density at radius 1 is 1.57 bits per heavy atom. The molecule has 40 valence electrons. The highest BCUT2D eigenvalue weighted by Crippen LogP contribution is 1.86. The summed E-state index contributed by atoms with van der Waals surface area (Å²) in [4.78, 5) is 0. The van der Waals surface area contributed by atoms with Crippen LogP contribution in [0.15, 0.2) is 25.3 Å². The third-order valence-corrected chi connectivity index (χ3v) is 0.742.